The highest BCUT2D eigenvalue weighted by atomic mass is 16.6. The summed E-state index contributed by atoms with van der Waals surface area (Å²) in [7, 11) is 0. The molecule has 0 aliphatic rings. The van der Waals surface area contributed by atoms with Crippen molar-refractivity contribution >= 4 is 11.9 Å². The molecule has 0 aliphatic heterocycles. The van der Waals surface area contributed by atoms with E-state index in [0.29, 0.717) is 6.42 Å². The third-order valence-electron chi connectivity index (χ3n) is 3.37. The van der Waals surface area contributed by atoms with Crippen LogP contribution in [-0.2, 0) is 14.3 Å². The van der Waals surface area contributed by atoms with Gasteiger partial charge >= 0.3 is 11.9 Å². The zero-order valence-electron chi connectivity index (χ0n) is 13.0. The first-order chi connectivity index (χ1) is 10.3. The Bertz CT molecular complexity index is 523. The van der Waals surface area contributed by atoms with Crippen molar-refractivity contribution < 1.29 is 29.3 Å². The number of phenols is 1. The van der Waals surface area contributed by atoms with Gasteiger partial charge in [0.2, 0.25) is 0 Å². The quantitative estimate of drug-likeness (QED) is 0.747. The number of hydrogen-bond acceptors (Lipinski definition) is 6. The van der Waals surface area contributed by atoms with Crippen molar-refractivity contribution in [3.8, 4) is 5.75 Å². The third kappa shape index (κ3) is 5.04. The number of esters is 2. The van der Waals surface area contributed by atoms with E-state index in [0.717, 1.165) is 0 Å². The summed E-state index contributed by atoms with van der Waals surface area (Å²) in [5.74, 6) is -1.36. The summed E-state index contributed by atoms with van der Waals surface area (Å²) >= 11 is 0. The van der Waals surface area contributed by atoms with Gasteiger partial charge in [-0.2, -0.15) is 0 Å². The Hall–Kier alpha value is -2.08. The first-order valence-corrected chi connectivity index (χ1v) is 7.08. The molecule has 1 rings (SSSR count). The van der Waals surface area contributed by atoms with E-state index in [9.17, 15) is 19.8 Å². The second-order valence-corrected chi connectivity index (χ2v) is 5.61. The molecule has 122 valence electrons. The van der Waals surface area contributed by atoms with Crippen LogP contribution in [0.4, 0.5) is 0 Å². The van der Waals surface area contributed by atoms with Crippen molar-refractivity contribution in [1.82, 2.24) is 0 Å². The maximum Gasteiger partial charge on any atom is 0.342 e. The Morgan fingerprint density at radius 1 is 1.18 bits per heavy atom. The lowest BCUT2D eigenvalue weighted by molar-refractivity contribution is -0.157. The Morgan fingerprint density at radius 3 is 2.36 bits per heavy atom. The number of carbonyl (C=O) groups excluding carboxylic acids is 2. The van der Waals surface area contributed by atoms with Gasteiger partial charge in [-0.15, -0.1) is 0 Å². The van der Waals surface area contributed by atoms with Crippen LogP contribution in [0.3, 0.4) is 0 Å². The number of aliphatic hydroxyl groups is 1. The fourth-order valence-electron chi connectivity index (χ4n) is 1.46. The van der Waals surface area contributed by atoms with Gasteiger partial charge in [-0.05, 0) is 32.4 Å². The van der Waals surface area contributed by atoms with E-state index in [1.165, 1.54) is 12.1 Å². The standard InChI is InChI=1S/C16H22O6/c1-4-16(2,3)15(20)22-10-11(17)9-21-14(19)12-7-5-6-8-13(12)18/h5-8,11,17-18H,4,9-10H2,1-3H3. The number of aliphatic hydroxyl groups excluding tert-OH is 1. The maximum atomic E-state index is 11.7. The molecule has 2 N–H and O–H groups in total. The van der Waals surface area contributed by atoms with Gasteiger partial charge in [0.25, 0.3) is 0 Å². The molecule has 0 heterocycles. The molecule has 1 atom stereocenters. The van der Waals surface area contributed by atoms with Gasteiger partial charge < -0.3 is 19.7 Å². The lowest BCUT2D eigenvalue weighted by Crippen LogP contribution is -2.31. The SMILES string of the molecule is CCC(C)(C)C(=O)OCC(O)COC(=O)c1ccccc1O. The molecule has 0 bridgehead atoms. The summed E-state index contributed by atoms with van der Waals surface area (Å²) in [5.41, 5.74) is -0.606. The van der Waals surface area contributed by atoms with Gasteiger partial charge in [0, 0.05) is 0 Å². The average molecular weight is 310 g/mol. The third-order valence-corrected chi connectivity index (χ3v) is 3.37. The minimum absolute atomic E-state index is 0.0128. The van der Waals surface area contributed by atoms with Gasteiger partial charge in [-0.3, -0.25) is 4.79 Å². The monoisotopic (exact) mass is 310 g/mol. The molecule has 0 saturated carbocycles. The summed E-state index contributed by atoms with van der Waals surface area (Å²) < 4.78 is 9.87. The van der Waals surface area contributed by atoms with E-state index in [4.69, 9.17) is 9.47 Å². The first kappa shape index (κ1) is 18.0. The molecule has 0 aliphatic carbocycles. The van der Waals surface area contributed by atoms with Gasteiger partial charge in [0.15, 0.2) is 0 Å². The van der Waals surface area contributed by atoms with Crippen molar-refractivity contribution in [2.75, 3.05) is 13.2 Å². The molecular formula is C16H22O6. The Kier molecular flexibility index (Phi) is 6.37. The lowest BCUT2D eigenvalue weighted by atomic mass is 9.91. The van der Waals surface area contributed by atoms with Crippen molar-refractivity contribution in [1.29, 1.82) is 0 Å². The van der Waals surface area contributed by atoms with E-state index in [1.807, 2.05) is 6.92 Å². The molecule has 1 aromatic carbocycles. The van der Waals surface area contributed by atoms with E-state index in [1.54, 1.807) is 26.0 Å². The summed E-state index contributed by atoms with van der Waals surface area (Å²) in [5, 5.41) is 19.2. The second kappa shape index (κ2) is 7.79. The molecule has 6 nitrogen and oxygen atoms in total. The summed E-state index contributed by atoms with van der Waals surface area (Å²) in [6.07, 6.45) is -0.504. The zero-order chi connectivity index (χ0) is 16.8. The number of ether oxygens (including phenoxy) is 2. The number of para-hydroxylation sites is 1. The normalized spacial score (nSPS) is 12.5. The molecule has 0 saturated heterocycles. The highest BCUT2D eigenvalue weighted by Crippen LogP contribution is 2.21. The number of benzene rings is 1. The average Bonchev–Trinajstić information content (AvgIpc) is 2.50. The predicted octanol–water partition coefficient (Wildman–Crippen LogP) is 1.89. The van der Waals surface area contributed by atoms with Gasteiger partial charge in [-0.25, -0.2) is 4.79 Å². The molecule has 6 heteroatoms. The molecule has 0 fully saturated rings. The number of rotatable bonds is 7. The minimum Gasteiger partial charge on any atom is -0.507 e. The van der Waals surface area contributed by atoms with E-state index < -0.39 is 23.5 Å². The van der Waals surface area contributed by atoms with Gasteiger partial charge in [-0.1, -0.05) is 19.1 Å². The second-order valence-electron chi connectivity index (χ2n) is 5.61. The molecule has 0 amide bonds. The molecule has 0 spiro atoms. The fourth-order valence-corrected chi connectivity index (χ4v) is 1.46. The van der Waals surface area contributed by atoms with Crippen LogP contribution in [0, 0.1) is 5.41 Å². The molecule has 1 aromatic rings. The van der Waals surface area contributed by atoms with E-state index in [-0.39, 0.29) is 24.5 Å². The molecule has 1 unspecified atom stereocenters. The van der Waals surface area contributed by atoms with Crippen LogP contribution in [0.5, 0.6) is 5.75 Å². The summed E-state index contributed by atoms with van der Waals surface area (Å²) in [6.45, 7) is 4.79. The molecule has 22 heavy (non-hydrogen) atoms. The van der Waals surface area contributed by atoms with Crippen LogP contribution in [-0.4, -0.2) is 41.5 Å². The van der Waals surface area contributed by atoms with Crippen LogP contribution in [0.2, 0.25) is 0 Å². The number of aromatic hydroxyl groups is 1. The number of hydrogen-bond donors (Lipinski definition) is 2. The summed E-state index contributed by atoms with van der Waals surface area (Å²) in [6, 6.07) is 5.94. The van der Waals surface area contributed by atoms with E-state index >= 15 is 0 Å². The zero-order valence-corrected chi connectivity index (χ0v) is 13.0. The lowest BCUT2D eigenvalue weighted by Gasteiger charge is -2.21. The highest BCUT2D eigenvalue weighted by molar-refractivity contribution is 5.92. The van der Waals surface area contributed by atoms with Crippen molar-refractivity contribution in [3.05, 3.63) is 29.8 Å². The Labute approximate surface area is 129 Å². The summed E-state index contributed by atoms with van der Waals surface area (Å²) in [4.78, 5) is 23.4. The number of carbonyl (C=O) groups is 2. The van der Waals surface area contributed by atoms with Crippen LogP contribution in [0.15, 0.2) is 24.3 Å². The number of phenolic OH excluding ortho intramolecular Hbond substituents is 1. The molecular weight excluding hydrogens is 288 g/mol. The maximum absolute atomic E-state index is 11.7. The van der Waals surface area contributed by atoms with Crippen molar-refractivity contribution in [3.63, 3.8) is 0 Å². The Morgan fingerprint density at radius 2 is 1.77 bits per heavy atom. The highest BCUT2D eigenvalue weighted by Gasteiger charge is 2.27. The Balaban J connectivity index is 2.41. The topological polar surface area (TPSA) is 93.1 Å². The predicted molar refractivity (Wildman–Crippen MR) is 79.4 cm³/mol. The van der Waals surface area contributed by atoms with Crippen molar-refractivity contribution in [2.45, 2.75) is 33.3 Å². The molecule has 0 aromatic heterocycles. The smallest absolute Gasteiger partial charge is 0.342 e. The van der Waals surface area contributed by atoms with Gasteiger partial charge in [0.1, 0.15) is 30.6 Å². The fraction of sp³-hybridized carbons (Fsp3) is 0.500. The van der Waals surface area contributed by atoms with Crippen LogP contribution >= 0.6 is 0 Å². The van der Waals surface area contributed by atoms with Crippen molar-refractivity contribution in [2.24, 2.45) is 5.41 Å². The van der Waals surface area contributed by atoms with Gasteiger partial charge in [0.05, 0.1) is 5.41 Å². The first-order valence-electron chi connectivity index (χ1n) is 7.08. The molecule has 0 radical (unpaired) electrons. The van der Waals surface area contributed by atoms with Crippen LogP contribution in [0.1, 0.15) is 37.6 Å². The largest absolute Gasteiger partial charge is 0.507 e. The van der Waals surface area contributed by atoms with Crippen LogP contribution in [0.25, 0.3) is 0 Å². The minimum atomic E-state index is -1.12. The van der Waals surface area contributed by atoms with E-state index in [2.05, 4.69) is 0 Å². The van der Waals surface area contributed by atoms with Crippen LogP contribution < -0.4 is 0 Å².